The fourth-order valence-electron chi connectivity index (χ4n) is 3.41. The second-order valence-electron chi connectivity index (χ2n) is 6.63. The van der Waals surface area contributed by atoms with E-state index in [0.717, 1.165) is 51.4 Å². The lowest BCUT2D eigenvalue weighted by Crippen LogP contribution is -2.48. The van der Waals surface area contributed by atoms with Gasteiger partial charge in [-0.15, -0.1) is 0 Å². The summed E-state index contributed by atoms with van der Waals surface area (Å²) in [6.07, 6.45) is 0.579. The zero-order valence-corrected chi connectivity index (χ0v) is 14.2. The number of halogens is 1. The first-order valence-electron chi connectivity index (χ1n) is 8.73. The molecule has 2 heterocycles. The summed E-state index contributed by atoms with van der Waals surface area (Å²) >= 11 is 0. The minimum absolute atomic E-state index is 0.0661. The third-order valence-electron chi connectivity index (χ3n) is 4.69. The zero-order chi connectivity index (χ0) is 16.9. The summed E-state index contributed by atoms with van der Waals surface area (Å²) in [5.74, 6) is -0.00457. The van der Waals surface area contributed by atoms with Crippen LogP contribution in [0.5, 0.6) is 0 Å². The van der Waals surface area contributed by atoms with Crippen molar-refractivity contribution in [2.75, 3.05) is 45.8 Å². The van der Waals surface area contributed by atoms with Crippen molar-refractivity contribution in [3.8, 4) is 0 Å². The normalized spacial score (nSPS) is 25.7. The highest BCUT2D eigenvalue weighted by Crippen LogP contribution is 2.25. The molecule has 2 aliphatic rings. The van der Waals surface area contributed by atoms with Gasteiger partial charge in [0.05, 0.1) is 12.2 Å². The molecule has 1 aromatic carbocycles. The second kappa shape index (κ2) is 8.05. The number of hydrogen-bond donors (Lipinski definition) is 1. The Morgan fingerprint density at radius 2 is 1.96 bits per heavy atom. The first kappa shape index (κ1) is 17.3. The van der Waals surface area contributed by atoms with Gasteiger partial charge < -0.3 is 15.0 Å². The Hall–Kier alpha value is -1.50. The average molecular weight is 335 g/mol. The first-order chi connectivity index (χ1) is 11.6. The van der Waals surface area contributed by atoms with Gasteiger partial charge in [-0.25, -0.2) is 4.39 Å². The Labute approximate surface area is 142 Å². The number of carbonyl (C=O) groups excluding carboxylic acids is 1. The Morgan fingerprint density at radius 3 is 2.67 bits per heavy atom. The van der Waals surface area contributed by atoms with Crippen LogP contribution in [0.1, 0.15) is 25.0 Å². The number of morpholine rings is 1. The topological polar surface area (TPSA) is 44.8 Å². The molecule has 1 N–H and O–H groups in total. The van der Waals surface area contributed by atoms with E-state index in [1.54, 1.807) is 12.1 Å². The van der Waals surface area contributed by atoms with Crippen molar-refractivity contribution >= 4 is 5.91 Å². The number of ether oxygens (including phenoxy) is 1. The summed E-state index contributed by atoms with van der Waals surface area (Å²) in [7, 11) is 0. The maximum Gasteiger partial charge on any atom is 0.223 e. The molecule has 1 aromatic rings. The highest BCUT2D eigenvalue weighted by atomic mass is 19.1. The van der Waals surface area contributed by atoms with Gasteiger partial charge >= 0.3 is 0 Å². The van der Waals surface area contributed by atoms with E-state index < -0.39 is 0 Å². The predicted molar refractivity (Wildman–Crippen MR) is 90.2 cm³/mol. The fraction of sp³-hybridized carbons (Fsp3) is 0.611. The molecule has 0 spiro atoms. The quantitative estimate of drug-likeness (QED) is 0.904. The van der Waals surface area contributed by atoms with Crippen LogP contribution in [-0.4, -0.2) is 67.6 Å². The minimum atomic E-state index is -0.235. The van der Waals surface area contributed by atoms with Gasteiger partial charge in [0.1, 0.15) is 5.82 Å². The molecule has 2 unspecified atom stereocenters. The molecule has 5 nitrogen and oxygen atoms in total. The molecule has 24 heavy (non-hydrogen) atoms. The van der Waals surface area contributed by atoms with Crippen LogP contribution < -0.4 is 5.32 Å². The summed E-state index contributed by atoms with van der Waals surface area (Å²) in [6, 6.07) is 6.50. The molecule has 0 aliphatic carbocycles. The SMILES string of the molecule is CC1CN(CCC(=O)N2CCNCC2)CC(c2ccc(F)cc2)O1. The standard InChI is InChI=1S/C18H26FN3O2/c1-14-12-21(9-6-18(23)22-10-7-20-8-11-22)13-17(24-14)15-2-4-16(19)5-3-15/h2-5,14,17,20H,6-13H2,1H3. The van der Waals surface area contributed by atoms with Crippen molar-refractivity contribution < 1.29 is 13.9 Å². The number of nitrogens with zero attached hydrogens (tertiary/aromatic N) is 2. The van der Waals surface area contributed by atoms with E-state index in [1.807, 2.05) is 11.8 Å². The molecule has 132 valence electrons. The van der Waals surface area contributed by atoms with E-state index in [1.165, 1.54) is 12.1 Å². The molecular weight excluding hydrogens is 309 g/mol. The predicted octanol–water partition coefficient (Wildman–Crippen LogP) is 1.41. The molecule has 6 heteroatoms. The number of benzene rings is 1. The van der Waals surface area contributed by atoms with Crippen LogP contribution in [0.4, 0.5) is 4.39 Å². The molecule has 2 saturated heterocycles. The van der Waals surface area contributed by atoms with Gasteiger partial charge in [0.2, 0.25) is 5.91 Å². The van der Waals surface area contributed by atoms with Gasteiger partial charge in [0, 0.05) is 52.2 Å². The Kier molecular flexibility index (Phi) is 5.81. The van der Waals surface area contributed by atoms with E-state index in [2.05, 4.69) is 10.2 Å². The monoisotopic (exact) mass is 335 g/mol. The molecule has 3 rings (SSSR count). The Balaban J connectivity index is 1.53. The molecule has 0 bridgehead atoms. The number of hydrogen-bond acceptors (Lipinski definition) is 4. The minimum Gasteiger partial charge on any atom is -0.368 e. The lowest BCUT2D eigenvalue weighted by Gasteiger charge is -2.37. The molecule has 2 atom stereocenters. The third-order valence-corrected chi connectivity index (χ3v) is 4.69. The van der Waals surface area contributed by atoms with Crippen molar-refractivity contribution in [2.24, 2.45) is 0 Å². The summed E-state index contributed by atoms with van der Waals surface area (Å²) in [5, 5.41) is 3.26. The Morgan fingerprint density at radius 1 is 1.25 bits per heavy atom. The van der Waals surface area contributed by atoms with Gasteiger partial charge in [-0.2, -0.15) is 0 Å². The lowest BCUT2D eigenvalue weighted by atomic mass is 10.1. The molecule has 0 radical (unpaired) electrons. The maximum absolute atomic E-state index is 13.1. The third kappa shape index (κ3) is 4.53. The molecule has 2 aliphatic heterocycles. The second-order valence-corrected chi connectivity index (χ2v) is 6.63. The van der Waals surface area contributed by atoms with Crippen molar-refractivity contribution in [3.05, 3.63) is 35.6 Å². The molecule has 1 amide bonds. The molecular formula is C18H26FN3O2. The number of carbonyl (C=O) groups is 1. The molecule has 2 fully saturated rings. The number of piperazine rings is 1. The van der Waals surface area contributed by atoms with Gasteiger partial charge in [-0.1, -0.05) is 12.1 Å². The summed E-state index contributed by atoms with van der Waals surface area (Å²) < 4.78 is 19.1. The van der Waals surface area contributed by atoms with Crippen molar-refractivity contribution in [3.63, 3.8) is 0 Å². The van der Waals surface area contributed by atoms with Crippen LogP contribution in [0.25, 0.3) is 0 Å². The number of amides is 1. The van der Waals surface area contributed by atoms with E-state index in [4.69, 9.17) is 4.74 Å². The van der Waals surface area contributed by atoms with E-state index in [9.17, 15) is 9.18 Å². The molecule has 0 saturated carbocycles. The van der Waals surface area contributed by atoms with Crippen LogP contribution in [0.15, 0.2) is 24.3 Å². The largest absolute Gasteiger partial charge is 0.368 e. The number of nitrogens with one attached hydrogen (secondary N) is 1. The Bertz CT molecular complexity index is 546. The van der Waals surface area contributed by atoms with Crippen molar-refractivity contribution in [1.82, 2.24) is 15.1 Å². The fourth-order valence-corrected chi connectivity index (χ4v) is 3.41. The van der Waals surface area contributed by atoms with Gasteiger partial charge in [0.15, 0.2) is 0 Å². The smallest absolute Gasteiger partial charge is 0.223 e. The average Bonchev–Trinajstić information content (AvgIpc) is 2.60. The number of rotatable bonds is 4. The summed E-state index contributed by atoms with van der Waals surface area (Å²) in [6.45, 7) is 7.72. The van der Waals surface area contributed by atoms with Crippen LogP contribution in [0.3, 0.4) is 0 Å². The maximum atomic E-state index is 13.1. The van der Waals surface area contributed by atoms with Gasteiger partial charge in [-0.05, 0) is 24.6 Å². The highest BCUT2D eigenvalue weighted by molar-refractivity contribution is 5.76. The van der Waals surface area contributed by atoms with E-state index >= 15 is 0 Å². The van der Waals surface area contributed by atoms with E-state index in [0.29, 0.717) is 6.42 Å². The van der Waals surface area contributed by atoms with Crippen LogP contribution in [-0.2, 0) is 9.53 Å². The first-order valence-corrected chi connectivity index (χ1v) is 8.73. The summed E-state index contributed by atoms with van der Waals surface area (Å²) in [5.41, 5.74) is 0.987. The molecule has 0 aromatic heterocycles. The highest BCUT2D eigenvalue weighted by Gasteiger charge is 2.27. The van der Waals surface area contributed by atoms with Crippen LogP contribution in [0, 0.1) is 5.82 Å². The lowest BCUT2D eigenvalue weighted by molar-refractivity contribution is -0.133. The van der Waals surface area contributed by atoms with Crippen LogP contribution >= 0.6 is 0 Å². The van der Waals surface area contributed by atoms with Crippen molar-refractivity contribution in [2.45, 2.75) is 25.6 Å². The van der Waals surface area contributed by atoms with Gasteiger partial charge in [0.25, 0.3) is 0 Å². The van der Waals surface area contributed by atoms with E-state index in [-0.39, 0.29) is 23.9 Å². The van der Waals surface area contributed by atoms with Crippen molar-refractivity contribution in [1.29, 1.82) is 0 Å². The zero-order valence-electron chi connectivity index (χ0n) is 14.2. The van der Waals surface area contributed by atoms with Gasteiger partial charge in [-0.3, -0.25) is 9.69 Å². The van der Waals surface area contributed by atoms with Crippen LogP contribution in [0.2, 0.25) is 0 Å². The summed E-state index contributed by atoms with van der Waals surface area (Å²) in [4.78, 5) is 16.5.